The summed E-state index contributed by atoms with van der Waals surface area (Å²) in [6.07, 6.45) is 3.52. The van der Waals surface area contributed by atoms with Gasteiger partial charge in [-0.15, -0.1) is 0 Å². The third-order valence-electron chi connectivity index (χ3n) is 3.92. The number of hydrogen-bond donors (Lipinski definition) is 0. The first-order valence-corrected chi connectivity index (χ1v) is 9.31. The van der Waals surface area contributed by atoms with Crippen molar-refractivity contribution in [2.75, 3.05) is 7.11 Å². The van der Waals surface area contributed by atoms with Crippen molar-refractivity contribution >= 4 is 50.9 Å². The summed E-state index contributed by atoms with van der Waals surface area (Å²) in [4.78, 5) is 37.6. The standard InChI is InChI=1S/C18H15BrN2O4S/c1-11(17(23)25-2)21-16(22)15(26-18(21)24)10-14-4-3-9-20(14)13-7-5-12(19)6-8-13/h3-11H,1-2H3/b15-10+/t11-/m1/s1. The van der Waals surface area contributed by atoms with E-state index in [0.29, 0.717) is 0 Å². The van der Waals surface area contributed by atoms with Crippen molar-refractivity contribution < 1.29 is 19.1 Å². The first-order valence-electron chi connectivity index (χ1n) is 7.70. The average Bonchev–Trinajstić information content (AvgIpc) is 3.19. The Hall–Kier alpha value is -2.32. The molecule has 3 rings (SSSR count). The van der Waals surface area contributed by atoms with Crippen molar-refractivity contribution in [2.45, 2.75) is 13.0 Å². The third kappa shape index (κ3) is 3.47. The second kappa shape index (κ2) is 7.51. The number of ether oxygens (including phenoxy) is 1. The lowest BCUT2D eigenvalue weighted by Gasteiger charge is -2.18. The fraction of sp³-hybridized carbons (Fsp3) is 0.167. The molecule has 1 aliphatic heterocycles. The Morgan fingerprint density at radius 2 is 1.92 bits per heavy atom. The highest BCUT2D eigenvalue weighted by atomic mass is 79.9. The topological polar surface area (TPSA) is 68.6 Å². The summed E-state index contributed by atoms with van der Waals surface area (Å²) < 4.78 is 7.50. The zero-order chi connectivity index (χ0) is 18.8. The third-order valence-corrected chi connectivity index (χ3v) is 5.33. The van der Waals surface area contributed by atoms with E-state index in [1.165, 1.54) is 14.0 Å². The Morgan fingerprint density at radius 3 is 2.58 bits per heavy atom. The van der Waals surface area contributed by atoms with Gasteiger partial charge < -0.3 is 9.30 Å². The molecule has 2 amide bonds. The minimum Gasteiger partial charge on any atom is -0.467 e. The molecule has 6 nitrogen and oxygen atoms in total. The van der Waals surface area contributed by atoms with Gasteiger partial charge in [0.1, 0.15) is 6.04 Å². The van der Waals surface area contributed by atoms with Gasteiger partial charge in [0.2, 0.25) is 0 Å². The second-order valence-electron chi connectivity index (χ2n) is 5.53. The molecule has 2 aromatic rings. The molecule has 0 radical (unpaired) electrons. The van der Waals surface area contributed by atoms with E-state index in [9.17, 15) is 14.4 Å². The average molecular weight is 435 g/mol. The number of imide groups is 1. The molecule has 8 heteroatoms. The molecule has 0 unspecified atom stereocenters. The minimum absolute atomic E-state index is 0.266. The number of methoxy groups -OCH3 is 1. The van der Waals surface area contributed by atoms with Gasteiger partial charge in [0.05, 0.1) is 12.0 Å². The van der Waals surface area contributed by atoms with Crippen molar-refractivity contribution in [3.05, 3.63) is 57.7 Å². The number of rotatable bonds is 4. The zero-order valence-electron chi connectivity index (χ0n) is 14.0. The molecular formula is C18H15BrN2O4S. The molecule has 0 saturated carbocycles. The molecule has 134 valence electrons. The highest BCUT2D eigenvalue weighted by molar-refractivity contribution is 9.10. The van der Waals surface area contributed by atoms with Gasteiger partial charge in [-0.05, 0) is 61.2 Å². The fourth-order valence-corrected chi connectivity index (χ4v) is 3.73. The van der Waals surface area contributed by atoms with Crippen LogP contribution in [-0.2, 0) is 14.3 Å². The van der Waals surface area contributed by atoms with Crippen LogP contribution in [0.4, 0.5) is 4.79 Å². The van der Waals surface area contributed by atoms with Crippen LogP contribution in [0, 0.1) is 0 Å². The van der Waals surface area contributed by atoms with Gasteiger partial charge >= 0.3 is 5.97 Å². The molecule has 1 atom stereocenters. The van der Waals surface area contributed by atoms with Crippen LogP contribution < -0.4 is 0 Å². The summed E-state index contributed by atoms with van der Waals surface area (Å²) >= 11 is 4.21. The van der Waals surface area contributed by atoms with E-state index in [4.69, 9.17) is 0 Å². The maximum Gasteiger partial charge on any atom is 0.328 e. The summed E-state index contributed by atoms with van der Waals surface area (Å²) in [6, 6.07) is 10.5. The fourth-order valence-electron chi connectivity index (χ4n) is 2.57. The molecule has 0 aliphatic carbocycles. The van der Waals surface area contributed by atoms with Crippen LogP contribution in [-0.4, -0.2) is 39.7 Å². The minimum atomic E-state index is -0.961. The molecule has 1 aromatic heterocycles. The number of amides is 2. The normalized spacial score (nSPS) is 17.0. The molecule has 1 aromatic carbocycles. The highest BCUT2D eigenvalue weighted by Gasteiger charge is 2.41. The van der Waals surface area contributed by atoms with Crippen LogP contribution in [0.25, 0.3) is 11.8 Å². The van der Waals surface area contributed by atoms with Gasteiger partial charge in [-0.3, -0.25) is 14.5 Å². The Bertz CT molecular complexity index is 904. The van der Waals surface area contributed by atoms with E-state index in [0.717, 1.165) is 32.5 Å². The number of aromatic nitrogens is 1. The molecule has 1 fully saturated rings. The Balaban J connectivity index is 1.91. The van der Waals surface area contributed by atoms with Crippen LogP contribution in [0.15, 0.2) is 52.0 Å². The monoisotopic (exact) mass is 434 g/mol. The lowest BCUT2D eigenvalue weighted by molar-refractivity contribution is -0.148. The first-order chi connectivity index (χ1) is 12.4. The molecule has 0 N–H and O–H groups in total. The second-order valence-corrected chi connectivity index (χ2v) is 7.44. The summed E-state index contributed by atoms with van der Waals surface area (Å²) in [5, 5.41) is -0.485. The number of halogens is 1. The number of benzene rings is 1. The number of thioether (sulfide) groups is 1. The molecule has 0 bridgehead atoms. The van der Waals surface area contributed by atoms with E-state index in [1.807, 2.05) is 47.2 Å². The summed E-state index contributed by atoms with van der Waals surface area (Å²) in [5.74, 6) is -1.13. The van der Waals surface area contributed by atoms with Crippen LogP contribution in [0.1, 0.15) is 12.6 Å². The largest absolute Gasteiger partial charge is 0.467 e. The number of hydrogen-bond acceptors (Lipinski definition) is 5. The molecule has 2 heterocycles. The van der Waals surface area contributed by atoms with Crippen LogP contribution in [0.3, 0.4) is 0 Å². The van der Waals surface area contributed by atoms with Gasteiger partial charge in [-0.1, -0.05) is 15.9 Å². The van der Waals surface area contributed by atoms with Gasteiger partial charge in [0.15, 0.2) is 0 Å². The predicted molar refractivity (Wildman–Crippen MR) is 103 cm³/mol. The lowest BCUT2D eigenvalue weighted by Crippen LogP contribution is -2.42. The van der Waals surface area contributed by atoms with Gasteiger partial charge in [-0.25, -0.2) is 4.79 Å². The Labute approximate surface area is 162 Å². The number of carbonyl (C=O) groups excluding carboxylic acids is 3. The van der Waals surface area contributed by atoms with Gasteiger partial charge in [-0.2, -0.15) is 0 Å². The van der Waals surface area contributed by atoms with Crippen molar-refractivity contribution in [2.24, 2.45) is 0 Å². The van der Waals surface area contributed by atoms with E-state index >= 15 is 0 Å². The summed E-state index contributed by atoms with van der Waals surface area (Å²) in [5.41, 5.74) is 1.68. The van der Waals surface area contributed by atoms with E-state index in [1.54, 1.807) is 6.08 Å². The zero-order valence-corrected chi connectivity index (χ0v) is 16.4. The molecule has 0 spiro atoms. The lowest BCUT2D eigenvalue weighted by atomic mass is 10.2. The molecule has 26 heavy (non-hydrogen) atoms. The van der Waals surface area contributed by atoms with Crippen molar-refractivity contribution in [1.82, 2.24) is 9.47 Å². The number of carbonyl (C=O) groups is 3. The quantitative estimate of drug-likeness (QED) is 0.539. The smallest absolute Gasteiger partial charge is 0.328 e. The molecule has 1 aliphatic rings. The van der Waals surface area contributed by atoms with E-state index in [2.05, 4.69) is 20.7 Å². The number of nitrogens with zero attached hydrogens (tertiary/aromatic N) is 2. The van der Waals surface area contributed by atoms with E-state index < -0.39 is 23.2 Å². The first kappa shape index (κ1) is 18.5. The maximum atomic E-state index is 12.6. The molecule has 1 saturated heterocycles. The van der Waals surface area contributed by atoms with Gasteiger partial charge in [0.25, 0.3) is 11.1 Å². The van der Waals surface area contributed by atoms with Crippen molar-refractivity contribution in [1.29, 1.82) is 0 Å². The van der Waals surface area contributed by atoms with Crippen LogP contribution in [0.2, 0.25) is 0 Å². The van der Waals surface area contributed by atoms with Crippen molar-refractivity contribution in [3.63, 3.8) is 0 Å². The highest BCUT2D eigenvalue weighted by Crippen LogP contribution is 2.34. The Kier molecular flexibility index (Phi) is 5.33. The van der Waals surface area contributed by atoms with Gasteiger partial charge in [0, 0.05) is 22.1 Å². The van der Waals surface area contributed by atoms with Crippen molar-refractivity contribution in [3.8, 4) is 5.69 Å². The van der Waals surface area contributed by atoms with E-state index in [-0.39, 0.29) is 4.91 Å². The molecular weight excluding hydrogens is 420 g/mol. The predicted octanol–water partition coefficient (Wildman–Crippen LogP) is 3.84. The van der Waals surface area contributed by atoms with Crippen LogP contribution >= 0.6 is 27.7 Å². The van der Waals surface area contributed by atoms with Crippen LogP contribution in [0.5, 0.6) is 0 Å². The SMILES string of the molecule is COC(=O)[C@@H](C)N1C(=O)S/C(=C/c2cccn2-c2ccc(Br)cc2)C1=O. The number of esters is 1. The maximum absolute atomic E-state index is 12.6. The summed E-state index contributed by atoms with van der Waals surface area (Å²) in [6.45, 7) is 1.47. The Morgan fingerprint density at radius 1 is 1.23 bits per heavy atom. The summed E-state index contributed by atoms with van der Waals surface area (Å²) in [7, 11) is 1.22.